The first-order chi connectivity index (χ1) is 6.43. The fourth-order valence-electron chi connectivity index (χ4n) is 0.833. The Labute approximate surface area is 91.4 Å². The Bertz CT molecular complexity index is 363. The lowest BCUT2D eigenvalue weighted by Gasteiger charge is -2.05. The minimum Gasteiger partial charge on any atom is -0.365 e. The highest BCUT2D eigenvalue weighted by Crippen LogP contribution is 2.27. The van der Waals surface area contributed by atoms with E-state index < -0.39 is 18.0 Å². The number of rotatable bonds is 2. The van der Waals surface area contributed by atoms with E-state index in [9.17, 15) is 13.6 Å². The van der Waals surface area contributed by atoms with Gasteiger partial charge in [0.15, 0.2) is 0 Å². The Morgan fingerprint density at radius 2 is 2.21 bits per heavy atom. The van der Waals surface area contributed by atoms with E-state index in [0.717, 1.165) is 6.07 Å². The van der Waals surface area contributed by atoms with Crippen LogP contribution in [-0.2, 0) is 0 Å². The van der Waals surface area contributed by atoms with E-state index in [-0.39, 0.29) is 15.2 Å². The first-order valence-electron chi connectivity index (χ1n) is 3.37. The maximum absolute atomic E-state index is 12.2. The molecule has 0 aromatic carbocycles. The average molecular weight is 285 g/mol. The molecule has 0 aliphatic heterocycles. The topological polar surface area (TPSA) is 56.0 Å². The summed E-state index contributed by atoms with van der Waals surface area (Å²) in [4.78, 5) is 14.2. The first kappa shape index (κ1) is 11.3. The number of primary amides is 1. The number of nitrogens with two attached hydrogens (primary N) is 1. The van der Waals surface area contributed by atoms with E-state index in [4.69, 9.17) is 17.3 Å². The second-order valence-corrected chi connectivity index (χ2v) is 3.52. The molecule has 0 aliphatic rings. The number of nitrogens with zero attached hydrogens (tertiary/aromatic N) is 1. The zero-order valence-corrected chi connectivity index (χ0v) is 8.94. The molecule has 0 atom stereocenters. The lowest BCUT2D eigenvalue weighted by molar-refractivity contribution is 0.0998. The van der Waals surface area contributed by atoms with Crippen molar-refractivity contribution >= 4 is 33.4 Å². The van der Waals surface area contributed by atoms with Crippen LogP contribution in [-0.4, -0.2) is 10.9 Å². The van der Waals surface area contributed by atoms with Crippen LogP contribution in [0, 0.1) is 0 Å². The van der Waals surface area contributed by atoms with E-state index in [1.807, 2.05) is 0 Å². The Kier molecular flexibility index (Phi) is 3.38. The lowest BCUT2D eigenvalue weighted by Crippen LogP contribution is -2.13. The van der Waals surface area contributed by atoms with Crippen LogP contribution in [0.1, 0.15) is 22.5 Å². The minimum absolute atomic E-state index is 0.0761. The highest BCUT2D eigenvalue weighted by molar-refractivity contribution is 9.10. The Balaban J connectivity index is 3.32. The fourth-order valence-corrected chi connectivity index (χ4v) is 1.86. The van der Waals surface area contributed by atoms with Crippen molar-refractivity contribution in [2.24, 2.45) is 5.73 Å². The van der Waals surface area contributed by atoms with Crippen LogP contribution in [0.3, 0.4) is 0 Å². The fraction of sp³-hybridized carbons (Fsp3) is 0.143. The van der Waals surface area contributed by atoms with Crippen LogP contribution in [0.2, 0.25) is 5.02 Å². The van der Waals surface area contributed by atoms with Gasteiger partial charge >= 0.3 is 0 Å². The van der Waals surface area contributed by atoms with Crippen molar-refractivity contribution in [2.75, 3.05) is 0 Å². The number of pyridine rings is 1. The zero-order valence-electron chi connectivity index (χ0n) is 6.60. The monoisotopic (exact) mass is 284 g/mol. The summed E-state index contributed by atoms with van der Waals surface area (Å²) in [5.41, 5.74) is 4.35. The van der Waals surface area contributed by atoms with Gasteiger partial charge < -0.3 is 5.73 Å². The molecule has 1 heterocycles. The second kappa shape index (κ2) is 4.18. The van der Waals surface area contributed by atoms with E-state index >= 15 is 0 Å². The van der Waals surface area contributed by atoms with Crippen LogP contribution in [0.4, 0.5) is 8.78 Å². The maximum Gasteiger partial charge on any atom is 0.280 e. The normalized spacial score (nSPS) is 10.6. The number of aromatic nitrogens is 1. The van der Waals surface area contributed by atoms with Crippen LogP contribution in [0.15, 0.2) is 10.7 Å². The molecule has 7 heteroatoms. The summed E-state index contributed by atoms with van der Waals surface area (Å²) in [5.74, 6) is -0.824. The van der Waals surface area contributed by atoms with E-state index in [2.05, 4.69) is 20.9 Å². The summed E-state index contributed by atoms with van der Waals surface area (Å²) in [5, 5.41) is -0.144. The van der Waals surface area contributed by atoms with Gasteiger partial charge in [-0.2, -0.15) is 0 Å². The Morgan fingerprint density at radius 1 is 1.64 bits per heavy atom. The summed E-state index contributed by atoms with van der Waals surface area (Å²) in [6.45, 7) is 0. The number of amides is 1. The number of halogens is 4. The molecule has 0 fully saturated rings. The SMILES string of the molecule is NC(=O)c1c(Cl)cc(C(F)F)nc1Br. The van der Waals surface area contributed by atoms with E-state index in [1.165, 1.54) is 0 Å². The highest BCUT2D eigenvalue weighted by atomic mass is 79.9. The van der Waals surface area contributed by atoms with E-state index in [0.29, 0.717) is 0 Å². The quantitative estimate of drug-likeness (QED) is 0.849. The highest BCUT2D eigenvalue weighted by Gasteiger charge is 2.18. The largest absolute Gasteiger partial charge is 0.365 e. The number of carbonyl (C=O) groups is 1. The van der Waals surface area contributed by atoms with Crippen molar-refractivity contribution in [3.05, 3.63) is 26.9 Å². The minimum atomic E-state index is -2.74. The van der Waals surface area contributed by atoms with Crippen molar-refractivity contribution in [2.45, 2.75) is 6.43 Å². The van der Waals surface area contributed by atoms with Gasteiger partial charge in [-0.05, 0) is 22.0 Å². The number of hydrogen-bond acceptors (Lipinski definition) is 2. The van der Waals surface area contributed by atoms with Crippen molar-refractivity contribution in [3.8, 4) is 0 Å². The van der Waals surface area contributed by atoms with Gasteiger partial charge in [-0.3, -0.25) is 4.79 Å². The molecule has 1 aromatic heterocycles. The van der Waals surface area contributed by atoms with Crippen LogP contribution >= 0.6 is 27.5 Å². The Hall–Kier alpha value is -0.750. The van der Waals surface area contributed by atoms with Gasteiger partial charge in [0.25, 0.3) is 12.3 Å². The van der Waals surface area contributed by atoms with Crippen molar-refractivity contribution < 1.29 is 13.6 Å². The van der Waals surface area contributed by atoms with Crippen LogP contribution in [0.5, 0.6) is 0 Å². The third-order valence-electron chi connectivity index (χ3n) is 1.42. The molecule has 0 saturated heterocycles. The predicted molar refractivity (Wildman–Crippen MR) is 50.4 cm³/mol. The molecule has 0 saturated carbocycles. The molecule has 0 spiro atoms. The Morgan fingerprint density at radius 3 is 2.57 bits per heavy atom. The molecule has 14 heavy (non-hydrogen) atoms. The summed E-state index contributed by atoms with van der Waals surface area (Å²) < 4.78 is 24.3. The molecule has 0 bridgehead atoms. The summed E-state index contributed by atoms with van der Waals surface area (Å²) >= 11 is 8.41. The van der Waals surface area contributed by atoms with Crippen LogP contribution < -0.4 is 5.73 Å². The van der Waals surface area contributed by atoms with Crippen molar-refractivity contribution in [3.63, 3.8) is 0 Å². The molecule has 1 amide bonds. The molecule has 76 valence electrons. The maximum atomic E-state index is 12.2. The summed E-state index contributed by atoms with van der Waals surface area (Å²) in [6, 6.07) is 0.914. The number of carbonyl (C=O) groups excluding carboxylic acids is 1. The molecule has 0 radical (unpaired) electrons. The zero-order chi connectivity index (χ0) is 10.9. The molecular weight excluding hydrogens is 281 g/mol. The molecule has 0 unspecified atom stereocenters. The standard InChI is InChI=1S/C7H4BrClF2N2O/c8-5-4(7(12)14)2(9)1-3(13-5)6(10)11/h1,6H,(H2,12,14). The van der Waals surface area contributed by atoms with E-state index in [1.54, 1.807) is 0 Å². The summed E-state index contributed by atoms with van der Waals surface area (Å²) in [6.07, 6.45) is -2.74. The predicted octanol–water partition coefficient (Wildman–Crippen LogP) is 2.53. The number of alkyl halides is 2. The van der Waals surface area contributed by atoms with Gasteiger partial charge in [0.1, 0.15) is 10.3 Å². The molecule has 2 N–H and O–H groups in total. The van der Waals surface area contributed by atoms with Gasteiger partial charge in [0, 0.05) is 0 Å². The van der Waals surface area contributed by atoms with Gasteiger partial charge in [0.2, 0.25) is 0 Å². The molecule has 1 aromatic rings. The third-order valence-corrected chi connectivity index (χ3v) is 2.29. The van der Waals surface area contributed by atoms with Gasteiger partial charge in [0.05, 0.1) is 10.6 Å². The number of hydrogen-bond donors (Lipinski definition) is 1. The average Bonchev–Trinajstić information content (AvgIpc) is 2.01. The molecule has 3 nitrogen and oxygen atoms in total. The van der Waals surface area contributed by atoms with Gasteiger partial charge in [-0.25, -0.2) is 13.8 Å². The smallest absolute Gasteiger partial charge is 0.280 e. The lowest BCUT2D eigenvalue weighted by atomic mass is 10.2. The molecular formula is C7H4BrClF2N2O. The second-order valence-electron chi connectivity index (χ2n) is 2.36. The molecule has 0 aliphatic carbocycles. The first-order valence-corrected chi connectivity index (χ1v) is 4.54. The van der Waals surface area contributed by atoms with Gasteiger partial charge in [-0.15, -0.1) is 0 Å². The third kappa shape index (κ3) is 2.19. The van der Waals surface area contributed by atoms with Gasteiger partial charge in [-0.1, -0.05) is 11.6 Å². The van der Waals surface area contributed by atoms with Crippen LogP contribution in [0.25, 0.3) is 0 Å². The molecule has 1 rings (SSSR count). The summed E-state index contributed by atoms with van der Waals surface area (Å²) in [7, 11) is 0. The van der Waals surface area contributed by atoms with Crippen molar-refractivity contribution in [1.82, 2.24) is 4.98 Å². The van der Waals surface area contributed by atoms with Crippen molar-refractivity contribution in [1.29, 1.82) is 0 Å².